The normalized spacial score (nSPS) is 13.6. The Balaban J connectivity index is 3.26. The summed E-state index contributed by atoms with van der Waals surface area (Å²) in [6.45, 7) is 2.26. The first-order valence-electron chi connectivity index (χ1n) is 3.83. The van der Waals surface area contributed by atoms with Crippen LogP contribution in [-0.4, -0.2) is 25.2 Å². The Bertz CT molecular complexity index is 189. The Labute approximate surface area is 82.6 Å². The smallest absolute Gasteiger partial charge is 0.464 e. The van der Waals surface area contributed by atoms with Crippen LogP contribution >= 0.6 is 18.5 Å². The molecule has 0 fully saturated rings. The van der Waals surface area contributed by atoms with Crippen molar-refractivity contribution in [2.24, 2.45) is 5.73 Å². The van der Waals surface area contributed by atoms with Gasteiger partial charge in [-0.25, -0.2) is 0 Å². The first-order valence-corrected chi connectivity index (χ1v) is 5.99. The summed E-state index contributed by atoms with van der Waals surface area (Å²) in [5, 5.41) is 2.50. The minimum absolute atomic E-state index is 0.257. The summed E-state index contributed by atoms with van der Waals surface area (Å²) in [5.41, 5.74) is 5.24. The van der Waals surface area contributed by atoms with Gasteiger partial charge in [0.15, 0.2) is 0 Å². The van der Waals surface area contributed by atoms with E-state index in [0.29, 0.717) is 13.0 Å². The Morgan fingerprint density at radius 2 is 2.38 bits per heavy atom. The Hall–Kier alpha value is -0.220. The molecule has 0 spiro atoms. The molecule has 76 valence electrons. The third-order valence-corrected chi connectivity index (χ3v) is 2.00. The summed E-state index contributed by atoms with van der Waals surface area (Å²) in [6.07, 6.45) is 0.562. The zero-order chi connectivity index (χ0) is 10.3. The van der Waals surface area contributed by atoms with E-state index >= 15 is 0 Å². The van der Waals surface area contributed by atoms with E-state index in [9.17, 15) is 9.36 Å². The SMILES string of the molecule is C[C@H](N)C(=O)OCCCN[P+](=O)Cl. The van der Waals surface area contributed by atoms with Gasteiger partial charge in [0.05, 0.1) is 6.61 Å². The Kier molecular flexibility index (Phi) is 7.09. The summed E-state index contributed by atoms with van der Waals surface area (Å²) < 4.78 is 15.1. The van der Waals surface area contributed by atoms with Crippen molar-refractivity contribution < 1.29 is 14.1 Å². The quantitative estimate of drug-likeness (QED) is 0.398. The van der Waals surface area contributed by atoms with E-state index < -0.39 is 19.3 Å². The molecule has 0 radical (unpaired) electrons. The summed E-state index contributed by atoms with van der Waals surface area (Å²) in [7, 11) is -1.84. The second-order valence-corrected chi connectivity index (χ2v) is 4.19. The second-order valence-electron chi connectivity index (χ2n) is 2.46. The van der Waals surface area contributed by atoms with Gasteiger partial charge in [-0.1, -0.05) is 5.09 Å². The number of esters is 1. The van der Waals surface area contributed by atoms with Gasteiger partial charge in [0.1, 0.15) is 6.04 Å². The van der Waals surface area contributed by atoms with Crippen LogP contribution in [0.3, 0.4) is 0 Å². The lowest BCUT2D eigenvalue weighted by molar-refractivity contribution is -0.144. The van der Waals surface area contributed by atoms with Crippen molar-refractivity contribution in [2.75, 3.05) is 13.2 Å². The van der Waals surface area contributed by atoms with Crippen LogP contribution < -0.4 is 10.8 Å². The molecule has 0 aliphatic heterocycles. The minimum atomic E-state index is -1.84. The van der Waals surface area contributed by atoms with Crippen LogP contribution in [0.2, 0.25) is 0 Å². The average Bonchev–Trinajstić information content (AvgIpc) is 2.02. The monoisotopic (exact) mass is 227 g/mol. The molecule has 0 amide bonds. The number of nitrogens with one attached hydrogen (secondary N) is 1. The van der Waals surface area contributed by atoms with Crippen molar-refractivity contribution in [3.05, 3.63) is 0 Å². The number of rotatable bonds is 6. The molecule has 0 aliphatic rings. The van der Waals surface area contributed by atoms with Crippen LogP contribution in [0.15, 0.2) is 0 Å². The minimum Gasteiger partial charge on any atom is -0.464 e. The van der Waals surface area contributed by atoms with Gasteiger partial charge < -0.3 is 10.5 Å². The van der Waals surface area contributed by atoms with Crippen LogP contribution in [-0.2, 0) is 14.1 Å². The summed E-state index contributed by atoms with van der Waals surface area (Å²) in [4.78, 5) is 10.8. The predicted molar refractivity (Wildman–Crippen MR) is 50.7 cm³/mol. The molecule has 7 heteroatoms. The highest BCUT2D eigenvalue weighted by Crippen LogP contribution is 2.18. The fraction of sp³-hybridized carbons (Fsp3) is 0.833. The molecule has 0 heterocycles. The van der Waals surface area contributed by atoms with Gasteiger partial charge in [0.25, 0.3) is 0 Å². The highest BCUT2D eigenvalue weighted by molar-refractivity contribution is 7.72. The van der Waals surface area contributed by atoms with Gasteiger partial charge in [-0.2, -0.15) is 0 Å². The van der Waals surface area contributed by atoms with E-state index in [1.807, 2.05) is 0 Å². The van der Waals surface area contributed by atoms with Gasteiger partial charge >= 0.3 is 13.3 Å². The van der Waals surface area contributed by atoms with Crippen molar-refractivity contribution >= 4 is 24.5 Å². The highest BCUT2D eigenvalue weighted by Gasteiger charge is 2.10. The molecule has 1 unspecified atom stereocenters. The lowest BCUT2D eigenvalue weighted by Crippen LogP contribution is -2.29. The Morgan fingerprint density at radius 3 is 2.85 bits per heavy atom. The average molecular weight is 228 g/mol. The van der Waals surface area contributed by atoms with Crippen molar-refractivity contribution in [3.63, 3.8) is 0 Å². The number of hydrogen-bond donors (Lipinski definition) is 2. The molecular weight excluding hydrogens is 215 g/mol. The molecule has 0 aromatic carbocycles. The van der Waals surface area contributed by atoms with Gasteiger partial charge in [0.2, 0.25) is 11.2 Å². The summed E-state index contributed by atoms with van der Waals surface area (Å²) in [6, 6.07) is -0.599. The van der Waals surface area contributed by atoms with E-state index in [1.54, 1.807) is 6.92 Å². The first kappa shape index (κ1) is 12.8. The topological polar surface area (TPSA) is 81.4 Å². The molecule has 0 aliphatic carbocycles. The van der Waals surface area contributed by atoms with Crippen LogP contribution in [0.4, 0.5) is 0 Å². The number of carbonyl (C=O) groups excluding carboxylic acids is 1. The molecule has 3 N–H and O–H groups in total. The van der Waals surface area contributed by atoms with Gasteiger partial charge in [-0.15, -0.1) is 0 Å². The van der Waals surface area contributed by atoms with Gasteiger partial charge in [-0.3, -0.25) is 4.79 Å². The van der Waals surface area contributed by atoms with Crippen molar-refractivity contribution in [3.8, 4) is 0 Å². The second kappa shape index (κ2) is 7.21. The van der Waals surface area contributed by atoms with E-state index in [-0.39, 0.29) is 6.61 Å². The maximum atomic E-state index is 10.8. The number of hydrogen-bond acceptors (Lipinski definition) is 4. The Morgan fingerprint density at radius 1 is 1.77 bits per heavy atom. The standard InChI is InChI=1S/C6H13ClN2O3P/c1-5(8)6(10)12-4-2-3-9-13(7)11/h5H,2-4,8H2,1H3,(H,9,11)/q+1/t5-/m0/s1. The molecule has 2 atom stereocenters. The molecule has 0 bridgehead atoms. The van der Waals surface area contributed by atoms with Crippen LogP contribution in [0.25, 0.3) is 0 Å². The molecule has 0 aromatic rings. The third-order valence-electron chi connectivity index (χ3n) is 1.17. The lowest BCUT2D eigenvalue weighted by atomic mass is 10.4. The van der Waals surface area contributed by atoms with Gasteiger partial charge in [0, 0.05) is 6.54 Å². The number of nitrogens with two attached hydrogens (primary N) is 1. The fourth-order valence-corrected chi connectivity index (χ4v) is 1.13. The summed E-state index contributed by atoms with van der Waals surface area (Å²) in [5.74, 6) is -0.435. The molecule has 0 rings (SSSR count). The lowest BCUT2D eigenvalue weighted by Gasteiger charge is -2.05. The van der Waals surface area contributed by atoms with Crippen molar-refractivity contribution in [1.29, 1.82) is 0 Å². The molecule has 0 saturated heterocycles. The number of ether oxygens (including phenoxy) is 1. The molecule has 0 aromatic heterocycles. The fourth-order valence-electron chi connectivity index (χ4n) is 0.543. The number of halogens is 1. The van der Waals surface area contributed by atoms with Crippen molar-refractivity contribution in [1.82, 2.24) is 5.09 Å². The van der Waals surface area contributed by atoms with Crippen LogP contribution in [0.5, 0.6) is 0 Å². The highest BCUT2D eigenvalue weighted by atomic mass is 35.7. The van der Waals surface area contributed by atoms with Crippen LogP contribution in [0, 0.1) is 0 Å². The first-order chi connectivity index (χ1) is 6.04. The third kappa shape index (κ3) is 8.12. The largest absolute Gasteiger partial charge is 0.553 e. The van der Waals surface area contributed by atoms with Crippen LogP contribution in [0.1, 0.15) is 13.3 Å². The molecule has 5 nitrogen and oxygen atoms in total. The summed E-state index contributed by atoms with van der Waals surface area (Å²) >= 11 is 5.14. The molecule has 0 saturated carbocycles. The van der Waals surface area contributed by atoms with Gasteiger partial charge in [-0.05, 0) is 17.9 Å². The number of carbonyl (C=O) groups is 1. The van der Waals surface area contributed by atoms with E-state index in [2.05, 4.69) is 5.09 Å². The maximum Gasteiger partial charge on any atom is 0.553 e. The molecule has 13 heavy (non-hydrogen) atoms. The molecular formula is C6H13ClN2O3P+. The zero-order valence-corrected chi connectivity index (χ0v) is 8.98. The zero-order valence-electron chi connectivity index (χ0n) is 7.33. The van der Waals surface area contributed by atoms with E-state index in [0.717, 1.165) is 0 Å². The maximum absolute atomic E-state index is 10.8. The van der Waals surface area contributed by atoms with E-state index in [4.69, 9.17) is 21.7 Å². The predicted octanol–water partition coefficient (Wildman–Crippen LogP) is 0.753. The van der Waals surface area contributed by atoms with Crippen molar-refractivity contribution in [2.45, 2.75) is 19.4 Å². The van der Waals surface area contributed by atoms with E-state index in [1.165, 1.54) is 0 Å².